The Morgan fingerprint density at radius 2 is 2.11 bits per heavy atom. The van der Waals surface area contributed by atoms with E-state index in [2.05, 4.69) is 15.7 Å². The Balaban J connectivity index is 3.55. The van der Waals surface area contributed by atoms with Gasteiger partial charge in [-0.05, 0) is 26.2 Å². The topological polar surface area (TPSA) is 115 Å². The van der Waals surface area contributed by atoms with Gasteiger partial charge in [0.05, 0.1) is 0 Å². The first-order valence-corrected chi connectivity index (χ1v) is 6.31. The normalized spacial score (nSPS) is 11.3. The van der Waals surface area contributed by atoms with Crippen LogP contribution in [0.4, 0.5) is 0 Å². The van der Waals surface area contributed by atoms with E-state index in [0.717, 1.165) is 25.9 Å². The maximum absolute atomic E-state index is 10.5. The van der Waals surface area contributed by atoms with Crippen LogP contribution in [-0.2, 0) is 9.53 Å². The number of nitrogens with two attached hydrogens (primary N) is 2. The number of carbonyl (C=O) groups is 1. The molecule has 0 saturated heterocycles. The number of unbranched alkanes of at least 4 members (excludes halogenated alkanes) is 1. The molecule has 0 unspecified atom stereocenters. The van der Waals surface area contributed by atoms with Crippen molar-refractivity contribution in [1.29, 1.82) is 0 Å². The highest BCUT2D eigenvalue weighted by Crippen LogP contribution is 1.92. The van der Waals surface area contributed by atoms with Crippen molar-refractivity contribution in [1.82, 2.24) is 10.7 Å². The van der Waals surface area contributed by atoms with Gasteiger partial charge in [0.2, 0.25) is 11.9 Å². The van der Waals surface area contributed by atoms with Crippen LogP contribution in [-0.4, -0.2) is 38.2 Å². The number of guanidine groups is 1. The van der Waals surface area contributed by atoms with Gasteiger partial charge in [-0.2, -0.15) is 0 Å². The summed E-state index contributed by atoms with van der Waals surface area (Å²) in [6, 6.07) is 0. The molecule has 0 radical (unpaired) electrons. The van der Waals surface area contributed by atoms with E-state index in [9.17, 15) is 4.79 Å². The summed E-state index contributed by atoms with van der Waals surface area (Å²) in [5.41, 5.74) is 7.54. The number of hydrogen-bond donors (Lipinski definition) is 4. The SMILES string of the molecule is CCOCCCN=C(NN)NCCCCC(N)=O. The van der Waals surface area contributed by atoms with Crippen molar-refractivity contribution < 1.29 is 9.53 Å². The lowest BCUT2D eigenvalue weighted by Gasteiger charge is -2.08. The molecule has 0 saturated carbocycles. The van der Waals surface area contributed by atoms with Gasteiger partial charge in [-0.15, -0.1) is 0 Å². The zero-order chi connectivity index (χ0) is 13.6. The first-order chi connectivity index (χ1) is 8.70. The third-order valence-corrected chi connectivity index (χ3v) is 2.20. The van der Waals surface area contributed by atoms with E-state index in [1.165, 1.54) is 0 Å². The molecule has 0 aromatic heterocycles. The Morgan fingerprint density at radius 1 is 1.33 bits per heavy atom. The molecular weight excluding hydrogens is 234 g/mol. The summed E-state index contributed by atoms with van der Waals surface area (Å²) < 4.78 is 5.20. The van der Waals surface area contributed by atoms with E-state index in [-0.39, 0.29) is 5.91 Å². The Bertz CT molecular complexity index is 246. The van der Waals surface area contributed by atoms with Gasteiger partial charge in [0, 0.05) is 32.7 Å². The lowest BCUT2D eigenvalue weighted by atomic mass is 10.2. The Kier molecular flexibility index (Phi) is 11.2. The predicted molar refractivity (Wildman–Crippen MR) is 71.8 cm³/mol. The highest BCUT2D eigenvalue weighted by Gasteiger charge is 1.97. The third kappa shape index (κ3) is 11.2. The molecule has 0 rings (SSSR count). The fourth-order valence-electron chi connectivity index (χ4n) is 1.29. The summed E-state index contributed by atoms with van der Waals surface area (Å²) in [5, 5.41) is 3.06. The molecular formula is C11H25N5O2. The van der Waals surface area contributed by atoms with Crippen LogP contribution in [0.3, 0.4) is 0 Å². The van der Waals surface area contributed by atoms with Gasteiger partial charge in [-0.3, -0.25) is 15.2 Å². The summed E-state index contributed by atoms with van der Waals surface area (Å²) in [7, 11) is 0. The first kappa shape index (κ1) is 16.7. The largest absolute Gasteiger partial charge is 0.382 e. The summed E-state index contributed by atoms with van der Waals surface area (Å²) in [5.74, 6) is 5.62. The van der Waals surface area contributed by atoms with Gasteiger partial charge in [0.15, 0.2) is 0 Å². The van der Waals surface area contributed by atoms with Crippen LogP contribution >= 0.6 is 0 Å². The molecule has 0 heterocycles. The van der Waals surface area contributed by atoms with Crippen molar-refractivity contribution in [3.05, 3.63) is 0 Å². The third-order valence-electron chi connectivity index (χ3n) is 2.20. The minimum Gasteiger partial charge on any atom is -0.382 e. The molecule has 0 fully saturated rings. The number of nitrogens with one attached hydrogen (secondary N) is 2. The van der Waals surface area contributed by atoms with E-state index in [1.54, 1.807) is 0 Å². The van der Waals surface area contributed by atoms with Gasteiger partial charge in [0.1, 0.15) is 0 Å². The van der Waals surface area contributed by atoms with Gasteiger partial charge in [-0.25, -0.2) is 5.84 Å². The van der Waals surface area contributed by atoms with Crippen molar-refractivity contribution in [2.75, 3.05) is 26.3 Å². The second-order valence-electron chi connectivity index (χ2n) is 3.78. The van der Waals surface area contributed by atoms with E-state index < -0.39 is 0 Å². The lowest BCUT2D eigenvalue weighted by molar-refractivity contribution is -0.118. The molecule has 7 nitrogen and oxygen atoms in total. The van der Waals surface area contributed by atoms with E-state index in [4.69, 9.17) is 16.3 Å². The Hall–Kier alpha value is -1.34. The molecule has 0 aliphatic carbocycles. The maximum atomic E-state index is 10.5. The molecule has 1 amide bonds. The Labute approximate surface area is 108 Å². The molecule has 0 atom stereocenters. The number of rotatable bonds is 10. The second-order valence-corrected chi connectivity index (χ2v) is 3.78. The molecule has 0 bridgehead atoms. The van der Waals surface area contributed by atoms with Crippen LogP contribution in [0.1, 0.15) is 32.6 Å². The number of amides is 1. The Morgan fingerprint density at radius 3 is 2.72 bits per heavy atom. The summed E-state index contributed by atoms with van der Waals surface area (Å²) in [6.07, 6.45) is 2.90. The van der Waals surface area contributed by atoms with Crippen molar-refractivity contribution in [2.24, 2.45) is 16.6 Å². The summed E-state index contributed by atoms with van der Waals surface area (Å²) in [6.45, 7) is 4.76. The van der Waals surface area contributed by atoms with Crippen LogP contribution in [0.2, 0.25) is 0 Å². The smallest absolute Gasteiger partial charge is 0.217 e. The molecule has 106 valence electrons. The summed E-state index contributed by atoms with van der Waals surface area (Å²) >= 11 is 0. The second kappa shape index (κ2) is 12.1. The average molecular weight is 259 g/mol. The van der Waals surface area contributed by atoms with E-state index in [1.807, 2.05) is 6.92 Å². The van der Waals surface area contributed by atoms with Gasteiger partial charge in [0.25, 0.3) is 0 Å². The summed E-state index contributed by atoms with van der Waals surface area (Å²) in [4.78, 5) is 14.8. The number of aliphatic imine (C=N–C) groups is 1. The van der Waals surface area contributed by atoms with Crippen molar-refractivity contribution in [2.45, 2.75) is 32.6 Å². The molecule has 0 spiro atoms. The molecule has 18 heavy (non-hydrogen) atoms. The molecule has 0 aromatic carbocycles. The minimum absolute atomic E-state index is 0.267. The standard InChI is InChI=1S/C11H25N5O2/c1-2-18-9-5-8-15-11(16-13)14-7-4-3-6-10(12)17/h2-9,13H2,1H3,(H2,12,17)(H2,14,15,16). The van der Waals surface area contributed by atoms with Crippen LogP contribution in [0.5, 0.6) is 0 Å². The molecule has 0 aromatic rings. The maximum Gasteiger partial charge on any atom is 0.217 e. The zero-order valence-electron chi connectivity index (χ0n) is 11.1. The molecule has 0 aliphatic heterocycles. The quantitative estimate of drug-likeness (QED) is 0.138. The predicted octanol–water partition coefficient (Wildman–Crippen LogP) is -0.522. The molecule has 6 N–H and O–H groups in total. The minimum atomic E-state index is -0.267. The average Bonchev–Trinajstić information content (AvgIpc) is 2.35. The zero-order valence-corrected chi connectivity index (χ0v) is 11.1. The first-order valence-electron chi connectivity index (χ1n) is 6.31. The number of ether oxygens (including phenoxy) is 1. The molecule has 0 aliphatic rings. The fourth-order valence-corrected chi connectivity index (χ4v) is 1.29. The number of hydrazine groups is 1. The van der Waals surface area contributed by atoms with Crippen molar-refractivity contribution in [3.63, 3.8) is 0 Å². The van der Waals surface area contributed by atoms with Crippen LogP contribution in [0.25, 0.3) is 0 Å². The fraction of sp³-hybridized carbons (Fsp3) is 0.818. The van der Waals surface area contributed by atoms with Crippen molar-refractivity contribution >= 4 is 11.9 Å². The molecule has 7 heteroatoms. The van der Waals surface area contributed by atoms with Gasteiger partial charge >= 0.3 is 0 Å². The highest BCUT2D eigenvalue weighted by atomic mass is 16.5. The number of hydrogen-bond acceptors (Lipinski definition) is 4. The lowest BCUT2D eigenvalue weighted by Crippen LogP contribution is -2.42. The van der Waals surface area contributed by atoms with Gasteiger partial charge < -0.3 is 15.8 Å². The van der Waals surface area contributed by atoms with Gasteiger partial charge in [-0.1, -0.05) is 0 Å². The number of primary amides is 1. The van der Waals surface area contributed by atoms with E-state index >= 15 is 0 Å². The van der Waals surface area contributed by atoms with E-state index in [0.29, 0.717) is 32.1 Å². The van der Waals surface area contributed by atoms with Crippen molar-refractivity contribution in [3.8, 4) is 0 Å². The number of carbonyl (C=O) groups excluding carboxylic acids is 1. The van der Waals surface area contributed by atoms with Crippen LogP contribution < -0.4 is 22.3 Å². The van der Waals surface area contributed by atoms with Crippen LogP contribution in [0.15, 0.2) is 4.99 Å². The number of nitrogens with zero attached hydrogens (tertiary/aromatic N) is 1. The highest BCUT2D eigenvalue weighted by molar-refractivity contribution is 5.79. The van der Waals surface area contributed by atoms with Crippen LogP contribution in [0, 0.1) is 0 Å². The monoisotopic (exact) mass is 259 g/mol.